The van der Waals surface area contributed by atoms with Gasteiger partial charge in [0.15, 0.2) is 0 Å². The highest BCUT2D eigenvalue weighted by molar-refractivity contribution is 6.02. The van der Waals surface area contributed by atoms with Crippen LogP contribution in [0.15, 0.2) is 42.5 Å². The standard InChI is InChI=1S/C19H20N4O3/c1-11-18(25)23-10-13(9-16(23)17(24)20-11)21-19(26)22-15-8-4-6-12-5-2-3-7-14(12)15/h2-8,11,13,16H,9-10H2,1H3,(H,20,24)(H2,21,22,26)/t11-,13+,16+/m1/s1. The number of hydrogen-bond donors (Lipinski definition) is 3. The van der Waals surface area contributed by atoms with Gasteiger partial charge in [0.2, 0.25) is 11.8 Å². The van der Waals surface area contributed by atoms with Gasteiger partial charge in [-0.3, -0.25) is 9.59 Å². The minimum absolute atomic E-state index is 0.103. The first-order valence-corrected chi connectivity index (χ1v) is 8.69. The summed E-state index contributed by atoms with van der Waals surface area (Å²) in [5, 5.41) is 10.4. The highest BCUT2D eigenvalue weighted by Crippen LogP contribution is 2.24. The van der Waals surface area contributed by atoms with Crippen molar-refractivity contribution in [1.29, 1.82) is 0 Å². The molecule has 0 spiro atoms. The van der Waals surface area contributed by atoms with Gasteiger partial charge < -0.3 is 20.9 Å². The van der Waals surface area contributed by atoms with E-state index >= 15 is 0 Å². The number of carbonyl (C=O) groups excluding carboxylic acids is 3. The van der Waals surface area contributed by atoms with Gasteiger partial charge in [-0.05, 0) is 24.8 Å². The lowest BCUT2D eigenvalue weighted by Gasteiger charge is -2.32. The number of urea groups is 1. The molecule has 2 saturated heterocycles. The fraction of sp³-hybridized carbons (Fsp3) is 0.316. The Balaban J connectivity index is 1.44. The fourth-order valence-electron chi connectivity index (χ4n) is 3.73. The smallest absolute Gasteiger partial charge is 0.319 e. The lowest BCUT2D eigenvalue weighted by atomic mass is 10.1. The van der Waals surface area contributed by atoms with Gasteiger partial charge in [0, 0.05) is 11.9 Å². The Morgan fingerprint density at radius 1 is 1.15 bits per heavy atom. The first-order chi connectivity index (χ1) is 12.5. The Bertz CT molecular complexity index is 892. The van der Waals surface area contributed by atoms with Crippen molar-refractivity contribution in [2.45, 2.75) is 31.5 Å². The molecule has 2 aliphatic heterocycles. The first kappa shape index (κ1) is 16.4. The molecule has 0 saturated carbocycles. The summed E-state index contributed by atoms with van der Waals surface area (Å²) in [6, 6.07) is 11.9. The number of anilines is 1. The fourth-order valence-corrected chi connectivity index (χ4v) is 3.73. The molecule has 3 N–H and O–H groups in total. The normalized spacial score (nSPS) is 25.0. The van der Waals surface area contributed by atoms with Crippen LogP contribution in [0.2, 0.25) is 0 Å². The molecule has 4 amide bonds. The summed E-state index contributed by atoms with van der Waals surface area (Å²) < 4.78 is 0. The number of benzene rings is 2. The largest absolute Gasteiger partial charge is 0.343 e. The Kier molecular flexibility index (Phi) is 3.99. The van der Waals surface area contributed by atoms with Crippen molar-refractivity contribution < 1.29 is 14.4 Å². The van der Waals surface area contributed by atoms with Crippen LogP contribution in [-0.2, 0) is 9.59 Å². The van der Waals surface area contributed by atoms with Gasteiger partial charge in [-0.15, -0.1) is 0 Å². The molecule has 3 atom stereocenters. The molecule has 7 heteroatoms. The summed E-state index contributed by atoms with van der Waals surface area (Å²) in [5.41, 5.74) is 0.721. The lowest BCUT2D eigenvalue weighted by Crippen LogP contribution is -2.60. The van der Waals surface area contributed by atoms with Gasteiger partial charge in [0.1, 0.15) is 12.1 Å². The summed E-state index contributed by atoms with van der Waals surface area (Å²) in [4.78, 5) is 38.3. The number of amides is 4. The molecule has 0 bridgehead atoms. The molecule has 0 radical (unpaired) electrons. The van der Waals surface area contributed by atoms with Crippen LogP contribution in [-0.4, -0.2) is 47.4 Å². The second kappa shape index (κ2) is 6.33. The summed E-state index contributed by atoms with van der Waals surface area (Å²) >= 11 is 0. The van der Waals surface area contributed by atoms with E-state index in [1.807, 2.05) is 42.5 Å². The number of nitrogens with one attached hydrogen (secondary N) is 3. The molecule has 2 aromatic carbocycles. The van der Waals surface area contributed by atoms with E-state index in [9.17, 15) is 14.4 Å². The van der Waals surface area contributed by atoms with Crippen LogP contribution in [0.4, 0.5) is 10.5 Å². The van der Waals surface area contributed by atoms with E-state index in [4.69, 9.17) is 0 Å². The van der Waals surface area contributed by atoms with E-state index in [0.717, 1.165) is 16.5 Å². The zero-order chi connectivity index (χ0) is 18.3. The molecule has 4 rings (SSSR count). The topological polar surface area (TPSA) is 90.5 Å². The molecule has 0 aromatic heterocycles. The predicted molar refractivity (Wildman–Crippen MR) is 97.6 cm³/mol. The number of rotatable bonds is 2. The Labute approximate surface area is 150 Å². The van der Waals surface area contributed by atoms with Crippen LogP contribution in [0.1, 0.15) is 13.3 Å². The maximum absolute atomic E-state index is 12.4. The Morgan fingerprint density at radius 3 is 2.77 bits per heavy atom. The maximum atomic E-state index is 12.4. The average Bonchev–Trinajstić information content (AvgIpc) is 3.04. The number of carbonyl (C=O) groups is 3. The molecular weight excluding hydrogens is 332 g/mol. The summed E-state index contributed by atoms with van der Waals surface area (Å²) in [6.45, 7) is 2.02. The first-order valence-electron chi connectivity index (χ1n) is 8.69. The molecule has 7 nitrogen and oxygen atoms in total. The summed E-state index contributed by atoms with van der Waals surface area (Å²) in [7, 11) is 0. The van der Waals surface area contributed by atoms with Crippen molar-refractivity contribution in [1.82, 2.24) is 15.5 Å². The number of hydrogen-bond acceptors (Lipinski definition) is 3. The van der Waals surface area contributed by atoms with Crippen molar-refractivity contribution >= 4 is 34.3 Å². The van der Waals surface area contributed by atoms with Gasteiger partial charge >= 0.3 is 6.03 Å². The molecule has 2 aliphatic rings. The minimum Gasteiger partial charge on any atom is -0.343 e. The third-order valence-electron chi connectivity index (χ3n) is 4.99. The van der Waals surface area contributed by atoms with E-state index in [2.05, 4.69) is 16.0 Å². The van der Waals surface area contributed by atoms with Gasteiger partial charge in [-0.2, -0.15) is 0 Å². The third kappa shape index (κ3) is 2.85. The quantitative estimate of drug-likeness (QED) is 0.764. The maximum Gasteiger partial charge on any atom is 0.319 e. The highest BCUT2D eigenvalue weighted by atomic mass is 16.2. The summed E-state index contributed by atoms with van der Waals surface area (Å²) in [5.74, 6) is -0.260. The number of fused-ring (bicyclic) bond motifs is 2. The van der Waals surface area contributed by atoms with Crippen LogP contribution in [0.25, 0.3) is 10.8 Å². The van der Waals surface area contributed by atoms with E-state index in [1.165, 1.54) is 0 Å². The van der Waals surface area contributed by atoms with Gasteiger partial charge in [-0.25, -0.2) is 4.79 Å². The summed E-state index contributed by atoms with van der Waals surface area (Å²) in [6.07, 6.45) is 0.424. The molecule has 0 unspecified atom stereocenters. The van der Waals surface area contributed by atoms with E-state index < -0.39 is 12.1 Å². The number of nitrogens with zero attached hydrogens (tertiary/aromatic N) is 1. The number of piperazine rings is 1. The Morgan fingerprint density at radius 2 is 1.92 bits per heavy atom. The van der Waals surface area contributed by atoms with Crippen molar-refractivity contribution in [3.63, 3.8) is 0 Å². The van der Waals surface area contributed by atoms with E-state index in [1.54, 1.807) is 11.8 Å². The zero-order valence-electron chi connectivity index (χ0n) is 14.4. The van der Waals surface area contributed by atoms with Crippen molar-refractivity contribution in [3.8, 4) is 0 Å². The van der Waals surface area contributed by atoms with Crippen molar-refractivity contribution in [2.75, 3.05) is 11.9 Å². The molecule has 0 aliphatic carbocycles. The minimum atomic E-state index is -0.512. The van der Waals surface area contributed by atoms with Crippen LogP contribution in [0.5, 0.6) is 0 Å². The third-order valence-corrected chi connectivity index (χ3v) is 4.99. The van der Waals surface area contributed by atoms with Crippen LogP contribution in [0.3, 0.4) is 0 Å². The molecule has 2 fully saturated rings. The van der Waals surface area contributed by atoms with Crippen molar-refractivity contribution in [2.24, 2.45) is 0 Å². The zero-order valence-corrected chi connectivity index (χ0v) is 14.4. The lowest BCUT2D eigenvalue weighted by molar-refractivity contribution is -0.146. The van der Waals surface area contributed by atoms with Crippen LogP contribution < -0.4 is 16.0 Å². The molecule has 2 heterocycles. The van der Waals surface area contributed by atoms with Crippen molar-refractivity contribution in [3.05, 3.63) is 42.5 Å². The highest BCUT2D eigenvalue weighted by Gasteiger charge is 2.45. The monoisotopic (exact) mass is 352 g/mol. The van der Waals surface area contributed by atoms with Crippen LogP contribution in [0, 0.1) is 0 Å². The average molecular weight is 352 g/mol. The molecule has 134 valence electrons. The van der Waals surface area contributed by atoms with Gasteiger partial charge in [0.25, 0.3) is 0 Å². The molecular formula is C19H20N4O3. The van der Waals surface area contributed by atoms with Gasteiger partial charge in [-0.1, -0.05) is 36.4 Å². The van der Waals surface area contributed by atoms with E-state index in [-0.39, 0.29) is 23.9 Å². The predicted octanol–water partition coefficient (Wildman–Crippen LogP) is 1.45. The van der Waals surface area contributed by atoms with E-state index in [0.29, 0.717) is 13.0 Å². The Hall–Kier alpha value is -3.09. The SMILES string of the molecule is C[C@H]1NC(=O)[C@@H]2C[C@H](NC(=O)Nc3cccc4ccccc34)CN2C1=O. The molecule has 26 heavy (non-hydrogen) atoms. The van der Waals surface area contributed by atoms with Crippen LogP contribution >= 0.6 is 0 Å². The van der Waals surface area contributed by atoms with Gasteiger partial charge in [0.05, 0.1) is 11.7 Å². The second-order valence-corrected chi connectivity index (χ2v) is 6.79. The molecule has 2 aromatic rings. The second-order valence-electron chi connectivity index (χ2n) is 6.79.